The van der Waals surface area contributed by atoms with Crippen molar-refractivity contribution >= 4 is 5.97 Å². The number of carbonyl (C=O) groups is 1. The lowest BCUT2D eigenvalue weighted by Crippen LogP contribution is -1.98. The maximum atomic E-state index is 11.1. The van der Waals surface area contributed by atoms with Crippen LogP contribution < -0.4 is 0 Å². The molecule has 1 aliphatic carbocycles. The molecule has 3 nitrogen and oxygen atoms in total. The van der Waals surface area contributed by atoms with Crippen molar-refractivity contribution in [2.24, 2.45) is 0 Å². The summed E-state index contributed by atoms with van der Waals surface area (Å²) in [7, 11) is 0. The van der Waals surface area contributed by atoms with Crippen molar-refractivity contribution in [1.29, 1.82) is 0 Å². The quantitative estimate of drug-likeness (QED) is 0.847. The summed E-state index contributed by atoms with van der Waals surface area (Å²) in [5.74, 6) is 1.12. The lowest BCUT2D eigenvalue weighted by molar-refractivity contribution is 0.0694. The van der Waals surface area contributed by atoms with E-state index in [-0.39, 0.29) is 0 Å². The molecule has 1 N–H and O–H groups in total. The van der Waals surface area contributed by atoms with Gasteiger partial charge in [-0.3, -0.25) is 0 Å². The Bertz CT molecular complexity index is 373. The molecule has 1 fully saturated rings. The van der Waals surface area contributed by atoms with Gasteiger partial charge in [-0.2, -0.15) is 0 Å². The Labute approximate surface area is 95.5 Å². The van der Waals surface area contributed by atoms with E-state index in [0.29, 0.717) is 23.7 Å². The lowest BCUT2D eigenvalue weighted by atomic mass is 10.0. The second kappa shape index (κ2) is 4.73. The van der Waals surface area contributed by atoms with E-state index < -0.39 is 5.97 Å². The molecule has 0 bridgehead atoms. The van der Waals surface area contributed by atoms with Gasteiger partial charge in [-0.15, -0.1) is 0 Å². The van der Waals surface area contributed by atoms with Crippen LogP contribution in [0.4, 0.5) is 0 Å². The van der Waals surface area contributed by atoms with E-state index in [9.17, 15) is 4.79 Å². The van der Waals surface area contributed by atoms with Crippen molar-refractivity contribution in [1.82, 2.24) is 0 Å². The minimum Gasteiger partial charge on any atom is -0.478 e. The average Bonchev–Trinajstić information content (AvgIpc) is 2.83. The number of rotatable bonds is 4. The van der Waals surface area contributed by atoms with Gasteiger partial charge >= 0.3 is 5.97 Å². The highest BCUT2D eigenvalue weighted by Gasteiger charge is 2.24. The molecule has 16 heavy (non-hydrogen) atoms. The number of furan rings is 1. The standard InChI is InChI=1S/C13H18O3/c1-2-5-11-10(13(14)15)8-12(16-11)9-6-3-4-7-9/h8-9H,2-7H2,1H3,(H,14,15). The maximum absolute atomic E-state index is 11.1. The molecule has 1 saturated carbocycles. The Morgan fingerprint density at radius 3 is 2.75 bits per heavy atom. The molecule has 1 aromatic rings. The zero-order valence-electron chi connectivity index (χ0n) is 9.66. The first kappa shape index (κ1) is 11.2. The molecule has 0 saturated heterocycles. The first-order valence-corrected chi connectivity index (χ1v) is 6.08. The van der Waals surface area contributed by atoms with Gasteiger partial charge in [0, 0.05) is 12.3 Å². The van der Waals surface area contributed by atoms with Crippen LogP contribution in [0.15, 0.2) is 10.5 Å². The lowest BCUT2D eigenvalue weighted by Gasteiger charge is -2.03. The van der Waals surface area contributed by atoms with E-state index in [0.717, 1.165) is 25.0 Å². The molecule has 0 aliphatic heterocycles. The van der Waals surface area contributed by atoms with Crippen molar-refractivity contribution in [2.75, 3.05) is 0 Å². The van der Waals surface area contributed by atoms with E-state index in [1.165, 1.54) is 12.8 Å². The van der Waals surface area contributed by atoms with E-state index in [4.69, 9.17) is 9.52 Å². The summed E-state index contributed by atoms with van der Waals surface area (Å²) < 4.78 is 5.72. The number of carboxylic acids is 1. The molecular weight excluding hydrogens is 204 g/mol. The van der Waals surface area contributed by atoms with Gasteiger partial charge in [0.25, 0.3) is 0 Å². The molecule has 1 aliphatic rings. The Balaban J connectivity index is 2.26. The summed E-state index contributed by atoms with van der Waals surface area (Å²) in [5.41, 5.74) is 0.365. The number of aryl methyl sites for hydroxylation is 1. The molecule has 0 radical (unpaired) electrons. The maximum Gasteiger partial charge on any atom is 0.339 e. The molecule has 0 unspecified atom stereocenters. The summed E-state index contributed by atoms with van der Waals surface area (Å²) in [4.78, 5) is 11.1. The highest BCUT2D eigenvalue weighted by atomic mass is 16.4. The minimum atomic E-state index is -0.864. The van der Waals surface area contributed by atoms with E-state index in [1.54, 1.807) is 6.07 Å². The predicted molar refractivity (Wildman–Crippen MR) is 60.9 cm³/mol. The van der Waals surface area contributed by atoms with Crippen molar-refractivity contribution in [2.45, 2.75) is 51.4 Å². The SMILES string of the molecule is CCCc1oc(C2CCCC2)cc1C(=O)O. The van der Waals surface area contributed by atoms with Crippen LogP contribution in [-0.2, 0) is 6.42 Å². The molecule has 1 aromatic heterocycles. The number of carboxylic acid groups (broad SMARTS) is 1. The second-order valence-electron chi connectivity index (χ2n) is 4.52. The number of hydrogen-bond donors (Lipinski definition) is 1. The number of hydrogen-bond acceptors (Lipinski definition) is 2. The van der Waals surface area contributed by atoms with Gasteiger partial charge in [0.05, 0.1) is 0 Å². The predicted octanol–water partition coefficient (Wildman–Crippen LogP) is 3.59. The first-order chi connectivity index (χ1) is 7.72. The van der Waals surface area contributed by atoms with Gasteiger partial charge in [0.1, 0.15) is 17.1 Å². The van der Waals surface area contributed by atoms with Crippen LogP contribution in [0.5, 0.6) is 0 Å². The molecular formula is C13H18O3. The Morgan fingerprint density at radius 2 is 2.19 bits per heavy atom. The van der Waals surface area contributed by atoms with Crippen LogP contribution in [-0.4, -0.2) is 11.1 Å². The van der Waals surface area contributed by atoms with E-state index in [2.05, 4.69) is 0 Å². The van der Waals surface area contributed by atoms with Gasteiger partial charge in [-0.25, -0.2) is 4.79 Å². The molecule has 1 heterocycles. The molecule has 0 atom stereocenters. The fourth-order valence-electron chi connectivity index (χ4n) is 2.45. The summed E-state index contributed by atoms with van der Waals surface area (Å²) in [6, 6.07) is 1.74. The van der Waals surface area contributed by atoms with Crippen molar-refractivity contribution in [3.8, 4) is 0 Å². The zero-order valence-corrected chi connectivity index (χ0v) is 9.66. The summed E-state index contributed by atoms with van der Waals surface area (Å²) in [6.07, 6.45) is 6.37. The summed E-state index contributed by atoms with van der Waals surface area (Å²) >= 11 is 0. The average molecular weight is 222 g/mol. The molecule has 0 amide bonds. The normalized spacial score (nSPS) is 16.8. The highest BCUT2D eigenvalue weighted by molar-refractivity contribution is 5.89. The third-order valence-electron chi connectivity index (χ3n) is 3.29. The topological polar surface area (TPSA) is 50.4 Å². The molecule has 3 heteroatoms. The van der Waals surface area contributed by atoms with Gasteiger partial charge in [0.15, 0.2) is 0 Å². The number of aromatic carboxylic acids is 1. The molecule has 2 rings (SSSR count). The van der Waals surface area contributed by atoms with Crippen LogP contribution in [0.3, 0.4) is 0 Å². The fourth-order valence-corrected chi connectivity index (χ4v) is 2.45. The van der Waals surface area contributed by atoms with Crippen LogP contribution in [0.25, 0.3) is 0 Å². The van der Waals surface area contributed by atoms with Gasteiger partial charge in [-0.05, 0) is 25.3 Å². The highest BCUT2D eigenvalue weighted by Crippen LogP contribution is 2.36. The van der Waals surface area contributed by atoms with Crippen LogP contribution in [0.2, 0.25) is 0 Å². The molecule has 0 spiro atoms. The van der Waals surface area contributed by atoms with Gasteiger partial charge in [-0.1, -0.05) is 19.8 Å². The van der Waals surface area contributed by atoms with Crippen molar-refractivity contribution in [3.63, 3.8) is 0 Å². The third kappa shape index (κ3) is 2.13. The van der Waals surface area contributed by atoms with Gasteiger partial charge < -0.3 is 9.52 Å². The smallest absolute Gasteiger partial charge is 0.339 e. The molecule has 0 aromatic carbocycles. The fraction of sp³-hybridized carbons (Fsp3) is 0.615. The van der Waals surface area contributed by atoms with E-state index >= 15 is 0 Å². The Morgan fingerprint density at radius 1 is 1.50 bits per heavy atom. The van der Waals surface area contributed by atoms with Crippen LogP contribution in [0, 0.1) is 0 Å². The van der Waals surface area contributed by atoms with Crippen molar-refractivity contribution < 1.29 is 14.3 Å². The minimum absolute atomic E-state index is 0.365. The second-order valence-corrected chi connectivity index (χ2v) is 4.52. The largest absolute Gasteiger partial charge is 0.478 e. The van der Waals surface area contributed by atoms with Crippen LogP contribution in [0.1, 0.15) is 66.8 Å². The monoisotopic (exact) mass is 222 g/mol. The third-order valence-corrected chi connectivity index (χ3v) is 3.29. The summed E-state index contributed by atoms with van der Waals surface area (Å²) in [6.45, 7) is 2.03. The molecule has 88 valence electrons. The Hall–Kier alpha value is -1.25. The van der Waals surface area contributed by atoms with Crippen molar-refractivity contribution in [3.05, 3.63) is 23.2 Å². The van der Waals surface area contributed by atoms with Gasteiger partial charge in [0.2, 0.25) is 0 Å². The zero-order chi connectivity index (χ0) is 11.5. The Kier molecular flexibility index (Phi) is 3.32. The summed E-state index contributed by atoms with van der Waals surface area (Å²) in [5, 5.41) is 9.09. The first-order valence-electron chi connectivity index (χ1n) is 6.08. The van der Waals surface area contributed by atoms with E-state index in [1.807, 2.05) is 6.92 Å². The van der Waals surface area contributed by atoms with Crippen LogP contribution >= 0.6 is 0 Å².